The SMILES string of the molecule is CC1CCC(NC(=O)c2cccc(Cl)c2[N+](=O)[O-])CC1. The molecule has 20 heavy (non-hydrogen) atoms. The summed E-state index contributed by atoms with van der Waals surface area (Å²) < 4.78 is 0. The predicted molar refractivity (Wildman–Crippen MR) is 77.0 cm³/mol. The first-order valence-corrected chi connectivity index (χ1v) is 7.10. The highest BCUT2D eigenvalue weighted by atomic mass is 35.5. The van der Waals surface area contributed by atoms with E-state index in [0.29, 0.717) is 5.92 Å². The number of nitro benzene ring substituents is 1. The van der Waals surface area contributed by atoms with Crippen LogP contribution in [0.2, 0.25) is 5.02 Å². The van der Waals surface area contributed by atoms with E-state index in [0.717, 1.165) is 25.7 Å². The van der Waals surface area contributed by atoms with Gasteiger partial charge in [-0.15, -0.1) is 0 Å². The van der Waals surface area contributed by atoms with Gasteiger partial charge in [-0.25, -0.2) is 0 Å². The van der Waals surface area contributed by atoms with Crippen molar-refractivity contribution in [2.24, 2.45) is 5.92 Å². The van der Waals surface area contributed by atoms with Gasteiger partial charge in [-0.1, -0.05) is 24.6 Å². The molecule has 0 saturated heterocycles. The zero-order chi connectivity index (χ0) is 14.7. The molecule has 1 aromatic carbocycles. The number of carbonyl (C=O) groups is 1. The molecule has 1 fully saturated rings. The van der Waals surface area contributed by atoms with Crippen molar-refractivity contribution < 1.29 is 9.72 Å². The van der Waals surface area contributed by atoms with Crippen LogP contribution >= 0.6 is 11.6 Å². The first kappa shape index (κ1) is 14.8. The maximum atomic E-state index is 12.2. The Hall–Kier alpha value is -1.62. The van der Waals surface area contributed by atoms with Crippen LogP contribution in [-0.4, -0.2) is 16.9 Å². The Labute approximate surface area is 122 Å². The van der Waals surface area contributed by atoms with Crippen molar-refractivity contribution in [3.63, 3.8) is 0 Å². The van der Waals surface area contributed by atoms with Gasteiger partial charge >= 0.3 is 5.69 Å². The summed E-state index contributed by atoms with van der Waals surface area (Å²) >= 11 is 5.81. The number of halogens is 1. The summed E-state index contributed by atoms with van der Waals surface area (Å²) in [6.45, 7) is 2.19. The third kappa shape index (κ3) is 3.28. The van der Waals surface area contributed by atoms with E-state index in [1.54, 1.807) is 6.07 Å². The number of nitrogens with zero attached hydrogens (tertiary/aromatic N) is 1. The van der Waals surface area contributed by atoms with E-state index in [1.807, 2.05) is 0 Å². The predicted octanol–water partition coefficient (Wildman–Crippen LogP) is 3.56. The highest BCUT2D eigenvalue weighted by molar-refractivity contribution is 6.33. The second-order valence-corrected chi connectivity index (χ2v) is 5.73. The number of rotatable bonds is 3. The van der Waals surface area contributed by atoms with E-state index >= 15 is 0 Å². The van der Waals surface area contributed by atoms with Gasteiger partial charge in [-0.2, -0.15) is 0 Å². The number of nitrogens with one attached hydrogen (secondary N) is 1. The minimum Gasteiger partial charge on any atom is -0.349 e. The lowest BCUT2D eigenvalue weighted by atomic mass is 9.87. The molecular weight excluding hydrogens is 280 g/mol. The molecule has 0 spiro atoms. The zero-order valence-corrected chi connectivity index (χ0v) is 12.0. The highest BCUT2D eigenvalue weighted by Crippen LogP contribution is 2.29. The summed E-state index contributed by atoms with van der Waals surface area (Å²) in [5, 5.41) is 13.9. The van der Waals surface area contributed by atoms with E-state index in [-0.39, 0.29) is 22.3 Å². The van der Waals surface area contributed by atoms with Crippen molar-refractivity contribution in [3.8, 4) is 0 Å². The third-order valence-electron chi connectivity index (χ3n) is 3.77. The van der Waals surface area contributed by atoms with Gasteiger partial charge in [0.05, 0.1) is 4.92 Å². The fraction of sp³-hybridized carbons (Fsp3) is 0.500. The van der Waals surface area contributed by atoms with E-state index in [4.69, 9.17) is 11.6 Å². The average Bonchev–Trinajstić information content (AvgIpc) is 2.40. The van der Waals surface area contributed by atoms with E-state index < -0.39 is 10.8 Å². The lowest BCUT2D eigenvalue weighted by Crippen LogP contribution is -2.37. The molecule has 1 saturated carbocycles. The first-order chi connectivity index (χ1) is 9.49. The Morgan fingerprint density at radius 2 is 2.00 bits per heavy atom. The van der Waals surface area contributed by atoms with Crippen LogP contribution < -0.4 is 5.32 Å². The van der Waals surface area contributed by atoms with Crippen molar-refractivity contribution >= 4 is 23.2 Å². The normalized spacial score (nSPS) is 22.3. The lowest BCUT2D eigenvalue weighted by molar-refractivity contribution is -0.385. The Morgan fingerprint density at radius 3 is 2.60 bits per heavy atom. The van der Waals surface area contributed by atoms with Gasteiger partial charge in [-0.3, -0.25) is 14.9 Å². The molecule has 0 heterocycles. The zero-order valence-electron chi connectivity index (χ0n) is 11.3. The molecular formula is C14H17ClN2O3. The molecule has 0 radical (unpaired) electrons. The average molecular weight is 297 g/mol. The summed E-state index contributed by atoms with van der Waals surface area (Å²) in [6.07, 6.45) is 3.98. The Morgan fingerprint density at radius 1 is 1.35 bits per heavy atom. The van der Waals surface area contributed by atoms with Gasteiger partial charge in [0.1, 0.15) is 10.6 Å². The van der Waals surface area contributed by atoms with Crippen molar-refractivity contribution in [2.45, 2.75) is 38.6 Å². The van der Waals surface area contributed by atoms with Crippen LogP contribution in [0.15, 0.2) is 18.2 Å². The molecule has 6 heteroatoms. The summed E-state index contributed by atoms with van der Waals surface area (Å²) in [5.74, 6) is 0.266. The summed E-state index contributed by atoms with van der Waals surface area (Å²) in [4.78, 5) is 22.6. The van der Waals surface area contributed by atoms with Crippen molar-refractivity contribution in [2.75, 3.05) is 0 Å². The molecule has 1 amide bonds. The standard InChI is InChI=1S/C14H17ClN2O3/c1-9-5-7-10(8-6-9)16-14(18)11-3-2-4-12(15)13(11)17(19)20/h2-4,9-10H,5-8H2,1H3,(H,16,18). The van der Waals surface area contributed by atoms with Crippen LogP contribution in [-0.2, 0) is 0 Å². The van der Waals surface area contributed by atoms with Crippen LogP contribution in [0.25, 0.3) is 0 Å². The number of benzene rings is 1. The van der Waals surface area contributed by atoms with E-state index in [2.05, 4.69) is 12.2 Å². The smallest absolute Gasteiger partial charge is 0.300 e. The van der Waals surface area contributed by atoms with Gasteiger partial charge in [-0.05, 0) is 43.7 Å². The number of para-hydroxylation sites is 1. The van der Waals surface area contributed by atoms with Gasteiger partial charge in [0.2, 0.25) is 0 Å². The molecule has 108 valence electrons. The second-order valence-electron chi connectivity index (χ2n) is 5.32. The van der Waals surface area contributed by atoms with E-state index in [1.165, 1.54) is 12.1 Å². The van der Waals surface area contributed by atoms with Gasteiger partial charge in [0.25, 0.3) is 5.91 Å². The quantitative estimate of drug-likeness (QED) is 0.684. The van der Waals surface area contributed by atoms with Crippen LogP contribution in [0.1, 0.15) is 43.0 Å². The summed E-state index contributed by atoms with van der Waals surface area (Å²) in [5.41, 5.74) is -0.294. The monoisotopic (exact) mass is 296 g/mol. The Balaban J connectivity index is 2.13. The topological polar surface area (TPSA) is 72.2 Å². The maximum absolute atomic E-state index is 12.2. The van der Waals surface area contributed by atoms with Crippen LogP contribution in [0.5, 0.6) is 0 Å². The Kier molecular flexibility index (Phi) is 4.60. The van der Waals surface area contributed by atoms with Gasteiger partial charge < -0.3 is 5.32 Å². The van der Waals surface area contributed by atoms with Crippen LogP contribution in [0, 0.1) is 16.0 Å². The molecule has 1 aliphatic carbocycles. The van der Waals surface area contributed by atoms with Crippen molar-refractivity contribution in [3.05, 3.63) is 38.9 Å². The summed E-state index contributed by atoms with van der Waals surface area (Å²) in [7, 11) is 0. The van der Waals surface area contributed by atoms with Gasteiger partial charge in [0, 0.05) is 6.04 Å². The fourth-order valence-electron chi connectivity index (χ4n) is 2.55. The molecule has 0 unspecified atom stereocenters. The minimum absolute atomic E-state index is 0.0140. The van der Waals surface area contributed by atoms with Crippen LogP contribution in [0.3, 0.4) is 0 Å². The van der Waals surface area contributed by atoms with Crippen molar-refractivity contribution in [1.29, 1.82) is 0 Å². The molecule has 1 N–H and O–H groups in total. The molecule has 2 rings (SSSR count). The largest absolute Gasteiger partial charge is 0.349 e. The van der Waals surface area contributed by atoms with E-state index in [9.17, 15) is 14.9 Å². The molecule has 0 aromatic heterocycles. The number of nitro groups is 1. The first-order valence-electron chi connectivity index (χ1n) is 6.72. The third-order valence-corrected chi connectivity index (χ3v) is 4.07. The highest BCUT2D eigenvalue weighted by Gasteiger charge is 2.26. The maximum Gasteiger partial charge on any atom is 0.300 e. The molecule has 5 nitrogen and oxygen atoms in total. The van der Waals surface area contributed by atoms with Crippen molar-refractivity contribution in [1.82, 2.24) is 5.32 Å². The van der Waals surface area contributed by atoms with Gasteiger partial charge in [0.15, 0.2) is 0 Å². The van der Waals surface area contributed by atoms with Crippen LogP contribution in [0.4, 0.5) is 5.69 Å². The Bertz CT molecular complexity index is 525. The molecule has 0 bridgehead atoms. The molecule has 1 aliphatic rings. The number of hydrogen-bond acceptors (Lipinski definition) is 3. The molecule has 0 atom stereocenters. The lowest BCUT2D eigenvalue weighted by Gasteiger charge is -2.26. The molecule has 1 aromatic rings. The second kappa shape index (κ2) is 6.22. The number of hydrogen-bond donors (Lipinski definition) is 1. The number of amides is 1. The molecule has 0 aliphatic heterocycles. The number of carbonyl (C=O) groups excluding carboxylic acids is 1. The minimum atomic E-state index is -0.611. The fourth-order valence-corrected chi connectivity index (χ4v) is 2.80. The summed E-state index contributed by atoms with van der Waals surface area (Å²) in [6, 6.07) is 4.49.